The van der Waals surface area contributed by atoms with E-state index >= 15 is 0 Å². The quantitative estimate of drug-likeness (QED) is 0.928. The molecule has 0 atom stereocenters. The number of fused-ring (bicyclic) bond motifs is 1. The number of hydrogen-bond donors (Lipinski definition) is 1. The summed E-state index contributed by atoms with van der Waals surface area (Å²) in [6.07, 6.45) is 1.80. The lowest BCUT2D eigenvalue weighted by Crippen LogP contribution is -2.48. The van der Waals surface area contributed by atoms with E-state index in [0.29, 0.717) is 6.54 Å². The zero-order valence-electron chi connectivity index (χ0n) is 12.3. The van der Waals surface area contributed by atoms with Crippen molar-refractivity contribution >= 4 is 28.4 Å². The van der Waals surface area contributed by atoms with Crippen molar-refractivity contribution in [2.45, 2.75) is 6.54 Å². The third-order valence-corrected chi connectivity index (χ3v) is 4.37. The highest BCUT2D eigenvalue weighted by atomic mass is 35.5. The molecule has 3 rings (SSSR count). The molecule has 22 heavy (non-hydrogen) atoms. The van der Waals surface area contributed by atoms with Crippen molar-refractivity contribution < 1.29 is 4.79 Å². The molecule has 0 saturated carbocycles. The number of piperazine rings is 1. The molecule has 0 bridgehead atoms. The molecule has 2 aromatic rings. The second kappa shape index (κ2) is 6.60. The molecule has 2 N–H and O–H groups in total. The van der Waals surface area contributed by atoms with Gasteiger partial charge in [-0.1, -0.05) is 17.7 Å². The van der Waals surface area contributed by atoms with Crippen LogP contribution in [0.4, 0.5) is 0 Å². The largest absolute Gasteiger partial charge is 0.369 e. The van der Waals surface area contributed by atoms with Crippen molar-refractivity contribution in [1.82, 2.24) is 14.8 Å². The Bertz CT molecular complexity index is 683. The Balaban J connectivity index is 1.70. The van der Waals surface area contributed by atoms with E-state index < -0.39 is 0 Å². The van der Waals surface area contributed by atoms with E-state index in [4.69, 9.17) is 17.3 Å². The highest BCUT2D eigenvalue weighted by Gasteiger charge is 2.19. The lowest BCUT2D eigenvalue weighted by atomic mass is 10.1. The normalized spacial score (nSPS) is 17.0. The van der Waals surface area contributed by atoms with Gasteiger partial charge in [0.15, 0.2) is 0 Å². The van der Waals surface area contributed by atoms with Gasteiger partial charge in [0.25, 0.3) is 0 Å². The maximum Gasteiger partial charge on any atom is 0.231 e. The van der Waals surface area contributed by atoms with Gasteiger partial charge < -0.3 is 5.73 Å². The second-order valence-corrected chi connectivity index (χ2v) is 6.03. The molecule has 1 fully saturated rings. The second-order valence-electron chi connectivity index (χ2n) is 5.62. The van der Waals surface area contributed by atoms with Crippen LogP contribution in [-0.2, 0) is 11.3 Å². The van der Waals surface area contributed by atoms with Gasteiger partial charge >= 0.3 is 0 Å². The Kier molecular flexibility index (Phi) is 4.57. The topological polar surface area (TPSA) is 62.5 Å². The fourth-order valence-electron chi connectivity index (χ4n) is 2.89. The van der Waals surface area contributed by atoms with Crippen LogP contribution in [0.3, 0.4) is 0 Å². The number of primary amides is 1. The number of amides is 1. The molecule has 1 aliphatic rings. The van der Waals surface area contributed by atoms with Gasteiger partial charge in [0.2, 0.25) is 5.91 Å². The van der Waals surface area contributed by atoms with E-state index in [1.807, 2.05) is 24.3 Å². The summed E-state index contributed by atoms with van der Waals surface area (Å²) in [7, 11) is 0. The lowest BCUT2D eigenvalue weighted by molar-refractivity contribution is -0.119. The Hall–Kier alpha value is -1.69. The molecule has 1 saturated heterocycles. The van der Waals surface area contributed by atoms with Crippen molar-refractivity contribution in [1.29, 1.82) is 0 Å². The first-order valence-electron chi connectivity index (χ1n) is 7.38. The van der Waals surface area contributed by atoms with Crippen molar-refractivity contribution in [2.24, 2.45) is 5.73 Å². The standard InChI is InChI=1S/C16H19ClN4O/c17-14-4-3-12(16-13(14)2-1-5-19-16)10-20-6-8-21(9-7-20)11-15(18)22/h1-5H,6-11H2,(H2,18,22). The third kappa shape index (κ3) is 3.38. The molecule has 0 radical (unpaired) electrons. The average Bonchev–Trinajstić information content (AvgIpc) is 2.52. The number of pyridine rings is 1. The number of rotatable bonds is 4. The zero-order valence-corrected chi connectivity index (χ0v) is 13.1. The molecule has 1 aromatic heterocycles. The number of carbonyl (C=O) groups is 1. The maximum absolute atomic E-state index is 11.0. The molecule has 116 valence electrons. The molecule has 1 amide bonds. The smallest absolute Gasteiger partial charge is 0.231 e. The molecule has 1 aliphatic heterocycles. The Morgan fingerprint density at radius 3 is 2.64 bits per heavy atom. The molecule has 0 aliphatic carbocycles. The van der Waals surface area contributed by atoms with E-state index in [-0.39, 0.29) is 5.91 Å². The van der Waals surface area contributed by atoms with Crippen molar-refractivity contribution in [3.05, 3.63) is 41.0 Å². The van der Waals surface area contributed by atoms with E-state index in [9.17, 15) is 4.79 Å². The fraction of sp³-hybridized carbons (Fsp3) is 0.375. The van der Waals surface area contributed by atoms with Gasteiger partial charge in [0, 0.05) is 49.3 Å². The summed E-state index contributed by atoms with van der Waals surface area (Å²) in [5.74, 6) is -0.263. The first-order valence-corrected chi connectivity index (χ1v) is 7.76. The summed E-state index contributed by atoms with van der Waals surface area (Å²) >= 11 is 6.24. The van der Waals surface area contributed by atoms with Crippen LogP contribution in [0, 0.1) is 0 Å². The van der Waals surface area contributed by atoms with Gasteiger partial charge in [0.1, 0.15) is 0 Å². The Morgan fingerprint density at radius 2 is 1.91 bits per heavy atom. The third-order valence-electron chi connectivity index (χ3n) is 4.04. The first kappa shape index (κ1) is 15.2. The van der Waals surface area contributed by atoms with Gasteiger partial charge in [-0.25, -0.2) is 0 Å². The molecular formula is C16H19ClN4O. The highest BCUT2D eigenvalue weighted by Crippen LogP contribution is 2.25. The van der Waals surface area contributed by atoms with Gasteiger partial charge in [-0.15, -0.1) is 0 Å². The summed E-state index contributed by atoms with van der Waals surface area (Å²) in [4.78, 5) is 19.9. The molecule has 0 spiro atoms. The first-order chi connectivity index (χ1) is 10.6. The van der Waals surface area contributed by atoms with Crippen LogP contribution in [0.5, 0.6) is 0 Å². The van der Waals surface area contributed by atoms with E-state index in [1.54, 1.807) is 6.20 Å². The van der Waals surface area contributed by atoms with Crippen LogP contribution in [0.25, 0.3) is 10.9 Å². The Morgan fingerprint density at radius 1 is 1.18 bits per heavy atom. The molecule has 0 unspecified atom stereocenters. The van der Waals surface area contributed by atoms with E-state index in [0.717, 1.165) is 48.6 Å². The van der Waals surface area contributed by atoms with E-state index in [2.05, 4.69) is 14.8 Å². The minimum absolute atomic E-state index is 0.263. The summed E-state index contributed by atoms with van der Waals surface area (Å²) in [5.41, 5.74) is 7.39. The van der Waals surface area contributed by atoms with Crippen LogP contribution in [0.15, 0.2) is 30.5 Å². The summed E-state index contributed by atoms with van der Waals surface area (Å²) in [5, 5.41) is 1.73. The molecule has 2 heterocycles. The van der Waals surface area contributed by atoms with Gasteiger partial charge in [-0.05, 0) is 23.8 Å². The predicted molar refractivity (Wildman–Crippen MR) is 87.7 cm³/mol. The van der Waals surface area contributed by atoms with Gasteiger partial charge in [0.05, 0.1) is 12.1 Å². The number of carbonyl (C=O) groups excluding carboxylic acids is 1. The van der Waals surface area contributed by atoms with Crippen molar-refractivity contribution in [3.63, 3.8) is 0 Å². The Labute approximate surface area is 134 Å². The maximum atomic E-state index is 11.0. The number of nitrogens with zero attached hydrogens (tertiary/aromatic N) is 3. The summed E-state index contributed by atoms with van der Waals surface area (Å²) < 4.78 is 0. The van der Waals surface area contributed by atoms with E-state index in [1.165, 1.54) is 5.56 Å². The minimum Gasteiger partial charge on any atom is -0.369 e. The fourth-order valence-corrected chi connectivity index (χ4v) is 3.11. The number of halogens is 1. The van der Waals surface area contributed by atoms with Crippen LogP contribution >= 0.6 is 11.6 Å². The lowest BCUT2D eigenvalue weighted by Gasteiger charge is -2.34. The van der Waals surface area contributed by atoms with Crippen LogP contribution in [0.1, 0.15) is 5.56 Å². The number of nitrogens with two attached hydrogens (primary N) is 1. The SMILES string of the molecule is NC(=O)CN1CCN(Cc2ccc(Cl)c3cccnc23)CC1. The molecule has 6 heteroatoms. The highest BCUT2D eigenvalue weighted by molar-refractivity contribution is 6.35. The molecule has 1 aromatic carbocycles. The minimum atomic E-state index is -0.263. The molecular weight excluding hydrogens is 300 g/mol. The number of benzene rings is 1. The van der Waals surface area contributed by atoms with Crippen molar-refractivity contribution in [2.75, 3.05) is 32.7 Å². The van der Waals surface area contributed by atoms with Gasteiger partial charge in [-0.3, -0.25) is 19.6 Å². The average molecular weight is 319 g/mol. The number of hydrogen-bond acceptors (Lipinski definition) is 4. The van der Waals surface area contributed by atoms with Gasteiger partial charge in [-0.2, -0.15) is 0 Å². The summed E-state index contributed by atoms with van der Waals surface area (Å²) in [6, 6.07) is 7.89. The monoisotopic (exact) mass is 318 g/mol. The van der Waals surface area contributed by atoms with Crippen LogP contribution in [0.2, 0.25) is 5.02 Å². The van der Waals surface area contributed by atoms with Crippen LogP contribution < -0.4 is 5.73 Å². The van der Waals surface area contributed by atoms with Crippen molar-refractivity contribution in [3.8, 4) is 0 Å². The molecule has 5 nitrogen and oxygen atoms in total. The van der Waals surface area contributed by atoms with Crippen LogP contribution in [-0.4, -0.2) is 53.4 Å². The number of aromatic nitrogens is 1. The zero-order chi connectivity index (χ0) is 15.5. The predicted octanol–water partition coefficient (Wildman–Crippen LogP) is 1.49. The summed E-state index contributed by atoms with van der Waals surface area (Å²) in [6.45, 7) is 4.76.